The normalized spacial score (nSPS) is 19.7. The molecule has 0 spiro atoms. The van der Waals surface area contributed by atoms with Crippen LogP contribution in [0.4, 0.5) is 0 Å². The van der Waals surface area contributed by atoms with E-state index in [9.17, 15) is 0 Å². The van der Waals surface area contributed by atoms with Crippen molar-refractivity contribution in [1.82, 2.24) is 5.32 Å². The first-order valence-corrected chi connectivity index (χ1v) is 8.54. The number of hydrogen-bond donors (Lipinski definition) is 1. The van der Waals surface area contributed by atoms with Crippen LogP contribution in [0.25, 0.3) is 0 Å². The van der Waals surface area contributed by atoms with E-state index in [4.69, 9.17) is 0 Å². The fourth-order valence-corrected chi connectivity index (χ4v) is 3.32. The van der Waals surface area contributed by atoms with Crippen LogP contribution in [-0.4, -0.2) is 12.1 Å². The van der Waals surface area contributed by atoms with E-state index in [1.165, 1.54) is 50.5 Å². The van der Waals surface area contributed by atoms with Gasteiger partial charge in [0.1, 0.15) is 0 Å². The van der Waals surface area contributed by atoms with E-state index in [2.05, 4.69) is 52.4 Å². The molecule has 0 amide bonds. The highest BCUT2D eigenvalue weighted by molar-refractivity contribution is 9.10. The van der Waals surface area contributed by atoms with E-state index in [-0.39, 0.29) is 0 Å². The number of rotatable bonds is 4. The van der Waals surface area contributed by atoms with Gasteiger partial charge in [0.05, 0.1) is 0 Å². The second-order valence-corrected chi connectivity index (χ2v) is 6.86. The molecule has 1 fully saturated rings. The average molecular weight is 324 g/mol. The molecule has 0 radical (unpaired) electrons. The van der Waals surface area contributed by atoms with Gasteiger partial charge < -0.3 is 5.32 Å². The van der Waals surface area contributed by atoms with Crippen molar-refractivity contribution in [3.63, 3.8) is 0 Å². The summed E-state index contributed by atoms with van der Waals surface area (Å²) in [4.78, 5) is 0. The van der Waals surface area contributed by atoms with Crippen LogP contribution in [0.5, 0.6) is 0 Å². The van der Waals surface area contributed by atoms with Crippen LogP contribution in [0.2, 0.25) is 0 Å². The van der Waals surface area contributed by atoms with Gasteiger partial charge in [0.2, 0.25) is 0 Å². The molecule has 1 atom stereocenters. The third-order valence-electron chi connectivity index (χ3n) is 4.08. The number of hydrogen-bond acceptors (Lipinski definition) is 1. The Balaban J connectivity index is 1.79. The number of benzene rings is 1. The molecule has 0 aromatic heterocycles. The lowest BCUT2D eigenvalue weighted by Crippen LogP contribution is -2.38. The molecule has 1 unspecified atom stereocenters. The molecule has 1 nitrogen and oxygen atoms in total. The van der Waals surface area contributed by atoms with E-state index in [0.717, 1.165) is 16.9 Å². The predicted molar refractivity (Wildman–Crippen MR) is 86.6 cm³/mol. The first kappa shape index (κ1) is 15.1. The zero-order valence-electron chi connectivity index (χ0n) is 12.0. The van der Waals surface area contributed by atoms with E-state index < -0.39 is 0 Å². The van der Waals surface area contributed by atoms with Gasteiger partial charge >= 0.3 is 0 Å². The molecular formula is C17H26BrN. The van der Waals surface area contributed by atoms with E-state index in [1.807, 2.05) is 0 Å². The lowest BCUT2D eigenvalue weighted by atomic mass is 9.95. The van der Waals surface area contributed by atoms with Crippen molar-refractivity contribution in [3.05, 3.63) is 34.3 Å². The Morgan fingerprint density at radius 2 is 1.63 bits per heavy atom. The molecule has 2 heteroatoms. The molecule has 0 heterocycles. The zero-order valence-corrected chi connectivity index (χ0v) is 13.6. The second-order valence-electron chi connectivity index (χ2n) is 5.94. The molecule has 106 valence electrons. The molecule has 0 aliphatic heterocycles. The molecule has 0 bridgehead atoms. The molecule has 1 aliphatic rings. The molecule has 19 heavy (non-hydrogen) atoms. The van der Waals surface area contributed by atoms with Crippen molar-refractivity contribution in [2.24, 2.45) is 0 Å². The molecule has 1 aliphatic carbocycles. The van der Waals surface area contributed by atoms with Gasteiger partial charge in [-0.2, -0.15) is 0 Å². The molecule has 2 rings (SSSR count). The molecule has 1 aromatic rings. The van der Waals surface area contributed by atoms with Crippen molar-refractivity contribution in [2.75, 3.05) is 0 Å². The maximum absolute atomic E-state index is 3.84. The maximum Gasteiger partial charge on any atom is 0.0175 e. The Hall–Kier alpha value is -0.340. The van der Waals surface area contributed by atoms with Gasteiger partial charge in [-0.25, -0.2) is 0 Å². The SMILES string of the molecule is CC(Cc1ccc(Br)cc1)NC1CCCCCCC1. The highest BCUT2D eigenvalue weighted by Gasteiger charge is 2.13. The summed E-state index contributed by atoms with van der Waals surface area (Å²) >= 11 is 3.49. The maximum atomic E-state index is 3.84. The summed E-state index contributed by atoms with van der Waals surface area (Å²) in [7, 11) is 0. The van der Waals surface area contributed by atoms with Gasteiger partial charge in [-0.15, -0.1) is 0 Å². The third-order valence-corrected chi connectivity index (χ3v) is 4.61. The zero-order chi connectivity index (χ0) is 13.5. The van der Waals surface area contributed by atoms with Gasteiger partial charge in [0.25, 0.3) is 0 Å². The first-order chi connectivity index (χ1) is 9.24. The fraction of sp³-hybridized carbons (Fsp3) is 0.647. The summed E-state index contributed by atoms with van der Waals surface area (Å²) < 4.78 is 1.16. The fourth-order valence-electron chi connectivity index (χ4n) is 3.06. The Bertz CT molecular complexity index is 352. The highest BCUT2D eigenvalue weighted by atomic mass is 79.9. The van der Waals surface area contributed by atoms with Crippen molar-refractivity contribution in [2.45, 2.75) is 70.4 Å². The Kier molecular flexibility index (Phi) is 6.39. The number of nitrogens with one attached hydrogen (secondary N) is 1. The Morgan fingerprint density at radius 1 is 1.05 bits per heavy atom. The van der Waals surface area contributed by atoms with E-state index >= 15 is 0 Å². The topological polar surface area (TPSA) is 12.0 Å². The summed E-state index contributed by atoms with van der Waals surface area (Å²) in [5.41, 5.74) is 1.43. The lowest BCUT2D eigenvalue weighted by molar-refractivity contribution is 0.358. The summed E-state index contributed by atoms with van der Waals surface area (Å²) in [6.07, 6.45) is 11.0. The van der Waals surface area contributed by atoms with Crippen molar-refractivity contribution in [3.8, 4) is 0 Å². The largest absolute Gasteiger partial charge is 0.311 e. The second kappa shape index (κ2) is 8.06. The Labute approximate surface area is 126 Å². The summed E-state index contributed by atoms with van der Waals surface area (Å²) in [5, 5.41) is 3.84. The monoisotopic (exact) mass is 323 g/mol. The van der Waals surface area contributed by atoms with Crippen LogP contribution in [0.15, 0.2) is 28.7 Å². The van der Waals surface area contributed by atoms with Crippen molar-refractivity contribution >= 4 is 15.9 Å². The molecule has 1 aromatic carbocycles. The first-order valence-electron chi connectivity index (χ1n) is 7.74. The lowest BCUT2D eigenvalue weighted by Gasteiger charge is -2.25. The van der Waals surface area contributed by atoms with Crippen LogP contribution >= 0.6 is 15.9 Å². The quantitative estimate of drug-likeness (QED) is 0.814. The number of halogens is 1. The molecular weight excluding hydrogens is 298 g/mol. The smallest absolute Gasteiger partial charge is 0.0175 e. The predicted octanol–water partition coefficient (Wildman–Crippen LogP) is 5.08. The van der Waals surface area contributed by atoms with Crippen molar-refractivity contribution in [1.29, 1.82) is 0 Å². The standard InChI is InChI=1S/C17H26BrN/c1-14(13-15-9-11-16(18)12-10-15)19-17-7-5-3-2-4-6-8-17/h9-12,14,17,19H,2-8,13H2,1H3. The summed E-state index contributed by atoms with van der Waals surface area (Å²) in [6.45, 7) is 2.32. The van der Waals surface area contributed by atoms with Gasteiger partial charge in [-0.1, -0.05) is 60.2 Å². The van der Waals surface area contributed by atoms with Crippen LogP contribution in [0.3, 0.4) is 0 Å². The summed E-state index contributed by atoms with van der Waals surface area (Å²) in [5.74, 6) is 0. The Morgan fingerprint density at radius 3 is 2.26 bits per heavy atom. The van der Waals surface area contributed by atoms with Gasteiger partial charge in [0, 0.05) is 16.6 Å². The van der Waals surface area contributed by atoms with Gasteiger partial charge in [-0.05, 0) is 43.9 Å². The third kappa shape index (κ3) is 5.66. The van der Waals surface area contributed by atoms with E-state index in [0.29, 0.717) is 6.04 Å². The molecule has 0 saturated heterocycles. The van der Waals surface area contributed by atoms with Crippen LogP contribution in [0.1, 0.15) is 57.4 Å². The molecule has 1 saturated carbocycles. The molecule has 1 N–H and O–H groups in total. The van der Waals surface area contributed by atoms with Gasteiger partial charge in [-0.3, -0.25) is 0 Å². The van der Waals surface area contributed by atoms with Crippen LogP contribution < -0.4 is 5.32 Å². The highest BCUT2D eigenvalue weighted by Crippen LogP contribution is 2.18. The summed E-state index contributed by atoms with van der Waals surface area (Å²) in [6, 6.07) is 10.0. The minimum absolute atomic E-state index is 0.575. The van der Waals surface area contributed by atoms with E-state index in [1.54, 1.807) is 0 Å². The van der Waals surface area contributed by atoms with Crippen LogP contribution in [0, 0.1) is 0 Å². The van der Waals surface area contributed by atoms with Crippen LogP contribution in [-0.2, 0) is 6.42 Å². The van der Waals surface area contributed by atoms with Gasteiger partial charge in [0.15, 0.2) is 0 Å². The minimum atomic E-state index is 0.575. The van der Waals surface area contributed by atoms with Crippen molar-refractivity contribution < 1.29 is 0 Å². The minimum Gasteiger partial charge on any atom is -0.311 e. The average Bonchev–Trinajstić information content (AvgIpc) is 2.35.